The first-order valence-electron chi connectivity index (χ1n) is 4.94. The second-order valence-corrected chi connectivity index (χ2v) is 4.27. The van der Waals surface area contributed by atoms with E-state index in [1.165, 1.54) is 0 Å². The Bertz CT molecular complexity index is 205. The third-order valence-electron chi connectivity index (χ3n) is 2.55. The van der Waals surface area contributed by atoms with Gasteiger partial charge in [0.2, 0.25) is 6.04 Å². The first-order valence-corrected chi connectivity index (χ1v) is 4.94. The lowest BCUT2D eigenvalue weighted by Crippen LogP contribution is -2.42. The summed E-state index contributed by atoms with van der Waals surface area (Å²) in [5.74, 6) is 0.349. The highest BCUT2D eigenvalue weighted by Gasteiger charge is 2.38. The van der Waals surface area contributed by atoms with Crippen molar-refractivity contribution in [3.05, 3.63) is 10.1 Å². The normalized spacial score (nSPS) is 33.3. The largest absolute Gasteiger partial charge is 0.368 e. The predicted molar refractivity (Wildman–Crippen MR) is 50.3 cm³/mol. The Labute approximate surface area is 83.2 Å². The quantitative estimate of drug-likeness (QED) is 0.549. The number of nitrogens with zero attached hydrogens (tertiary/aromatic N) is 1. The molecule has 3 atom stereocenters. The smallest absolute Gasteiger partial charge is 0.239 e. The van der Waals surface area contributed by atoms with Gasteiger partial charge in [-0.15, -0.1) is 0 Å². The summed E-state index contributed by atoms with van der Waals surface area (Å²) < 4.78 is 4.88. The molecule has 1 unspecified atom stereocenters. The second kappa shape index (κ2) is 4.70. The summed E-state index contributed by atoms with van der Waals surface area (Å²) in [5.41, 5.74) is 0. The van der Waals surface area contributed by atoms with Gasteiger partial charge in [0.25, 0.3) is 0 Å². The van der Waals surface area contributed by atoms with Gasteiger partial charge in [0.05, 0.1) is 0 Å². The average molecular weight is 203 g/mol. The Kier molecular flexibility index (Phi) is 3.83. The first-order chi connectivity index (χ1) is 6.50. The van der Waals surface area contributed by atoms with Crippen molar-refractivity contribution < 1.29 is 14.8 Å². The summed E-state index contributed by atoms with van der Waals surface area (Å²) in [4.78, 5) is 10.4. The van der Waals surface area contributed by atoms with E-state index in [0.29, 0.717) is 12.3 Å². The van der Waals surface area contributed by atoms with E-state index in [4.69, 9.17) is 4.74 Å². The number of rotatable bonds is 3. The molecule has 5 heteroatoms. The molecule has 0 bridgehead atoms. The molecular weight excluding hydrogens is 186 g/mol. The van der Waals surface area contributed by atoms with Crippen LogP contribution in [0.15, 0.2) is 0 Å². The molecule has 0 radical (unpaired) electrons. The van der Waals surface area contributed by atoms with Gasteiger partial charge in [0.1, 0.15) is 6.61 Å². The zero-order valence-electron chi connectivity index (χ0n) is 8.55. The summed E-state index contributed by atoms with van der Waals surface area (Å²) in [6.07, 6.45) is 0.325. The van der Waals surface area contributed by atoms with E-state index in [1.54, 1.807) is 0 Å². The zero-order chi connectivity index (χ0) is 10.7. The maximum Gasteiger partial charge on any atom is 0.239 e. The molecule has 1 rings (SSSR count). The maximum atomic E-state index is 10.7. The van der Waals surface area contributed by atoms with Crippen molar-refractivity contribution in [1.82, 2.24) is 0 Å². The van der Waals surface area contributed by atoms with Crippen LogP contribution in [-0.4, -0.2) is 29.0 Å². The Morgan fingerprint density at radius 3 is 2.79 bits per heavy atom. The van der Waals surface area contributed by atoms with E-state index >= 15 is 0 Å². The minimum absolute atomic E-state index is 0.0333. The number of ether oxygens (including phenoxy) is 1. The number of hydrogen-bond donors (Lipinski definition) is 1. The van der Waals surface area contributed by atoms with Gasteiger partial charge in [-0.25, -0.2) is 0 Å². The third kappa shape index (κ3) is 2.92. The molecule has 1 aliphatic rings. The fraction of sp³-hybridized carbons (Fsp3) is 1.00. The van der Waals surface area contributed by atoms with E-state index in [2.05, 4.69) is 0 Å². The summed E-state index contributed by atoms with van der Waals surface area (Å²) in [7, 11) is 0. The average Bonchev–Trinajstić information content (AvgIpc) is 2.01. The maximum absolute atomic E-state index is 10.7. The molecule has 82 valence electrons. The van der Waals surface area contributed by atoms with Crippen molar-refractivity contribution in [3.8, 4) is 0 Å². The summed E-state index contributed by atoms with van der Waals surface area (Å²) in [5, 5.41) is 19.9. The van der Waals surface area contributed by atoms with Crippen LogP contribution in [0.5, 0.6) is 0 Å². The highest BCUT2D eigenvalue weighted by atomic mass is 16.6. The number of aliphatic hydroxyl groups excluding tert-OH is 1. The van der Waals surface area contributed by atoms with Gasteiger partial charge < -0.3 is 9.84 Å². The van der Waals surface area contributed by atoms with E-state index in [1.807, 2.05) is 13.8 Å². The van der Waals surface area contributed by atoms with Crippen LogP contribution in [0.2, 0.25) is 0 Å². The number of aliphatic hydroxyl groups is 1. The molecule has 0 aromatic carbocycles. The van der Waals surface area contributed by atoms with Crippen LogP contribution in [0.1, 0.15) is 26.7 Å². The van der Waals surface area contributed by atoms with Crippen LogP contribution in [0, 0.1) is 22.0 Å². The van der Waals surface area contributed by atoms with Crippen LogP contribution in [-0.2, 0) is 4.74 Å². The molecule has 0 aliphatic carbocycles. The van der Waals surface area contributed by atoms with Crippen molar-refractivity contribution in [1.29, 1.82) is 0 Å². The zero-order valence-corrected chi connectivity index (χ0v) is 8.55. The lowest BCUT2D eigenvalue weighted by atomic mass is 9.86. The summed E-state index contributed by atoms with van der Waals surface area (Å²) >= 11 is 0. The van der Waals surface area contributed by atoms with Gasteiger partial charge in [-0.1, -0.05) is 13.8 Å². The molecule has 1 fully saturated rings. The van der Waals surface area contributed by atoms with Crippen LogP contribution >= 0.6 is 0 Å². The van der Waals surface area contributed by atoms with Crippen molar-refractivity contribution in [2.75, 3.05) is 6.61 Å². The van der Waals surface area contributed by atoms with E-state index in [-0.39, 0.29) is 17.4 Å². The fourth-order valence-corrected chi connectivity index (χ4v) is 1.92. The third-order valence-corrected chi connectivity index (χ3v) is 2.55. The van der Waals surface area contributed by atoms with Crippen LogP contribution < -0.4 is 0 Å². The summed E-state index contributed by atoms with van der Waals surface area (Å²) in [6, 6.07) is -0.652. The van der Waals surface area contributed by atoms with Gasteiger partial charge >= 0.3 is 0 Å². The monoisotopic (exact) mass is 203 g/mol. The van der Waals surface area contributed by atoms with Gasteiger partial charge in [0.15, 0.2) is 6.29 Å². The van der Waals surface area contributed by atoms with Gasteiger partial charge in [-0.2, -0.15) is 0 Å². The van der Waals surface area contributed by atoms with E-state index in [9.17, 15) is 15.2 Å². The van der Waals surface area contributed by atoms with Crippen LogP contribution in [0.3, 0.4) is 0 Å². The summed E-state index contributed by atoms with van der Waals surface area (Å²) in [6.45, 7) is 4.09. The first kappa shape index (κ1) is 11.4. The molecule has 0 amide bonds. The molecule has 14 heavy (non-hydrogen) atoms. The van der Waals surface area contributed by atoms with Crippen LogP contribution in [0.4, 0.5) is 0 Å². The SMILES string of the molecule is CC(C)C[C@@H]1CC(O)OC[C@H]1[N+](=O)[O-]. The second-order valence-electron chi connectivity index (χ2n) is 4.27. The predicted octanol–water partition coefficient (Wildman–Crippen LogP) is 1.03. The lowest BCUT2D eigenvalue weighted by molar-refractivity contribution is -0.545. The molecule has 0 aromatic rings. The van der Waals surface area contributed by atoms with E-state index in [0.717, 1.165) is 6.42 Å². The highest BCUT2D eigenvalue weighted by Crippen LogP contribution is 2.27. The lowest BCUT2D eigenvalue weighted by Gasteiger charge is -2.29. The van der Waals surface area contributed by atoms with Gasteiger partial charge in [-0.05, 0) is 12.3 Å². The minimum Gasteiger partial charge on any atom is -0.368 e. The van der Waals surface area contributed by atoms with E-state index < -0.39 is 12.3 Å². The van der Waals surface area contributed by atoms with Gasteiger partial charge in [-0.3, -0.25) is 10.1 Å². The minimum atomic E-state index is -0.824. The molecular formula is C9H17NO4. The molecule has 0 aromatic heterocycles. The molecule has 5 nitrogen and oxygen atoms in total. The van der Waals surface area contributed by atoms with Crippen LogP contribution in [0.25, 0.3) is 0 Å². The Morgan fingerprint density at radius 2 is 2.29 bits per heavy atom. The highest BCUT2D eigenvalue weighted by molar-refractivity contribution is 4.76. The molecule has 1 aliphatic heterocycles. The molecule has 1 heterocycles. The van der Waals surface area contributed by atoms with Crippen molar-refractivity contribution in [2.24, 2.45) is 11.8 Å². The topological polar surface area (TPSA) is 72.6 Å². The molecule has 1 N–H and O–H groups in total. The van der Waals surface area contributed by atoms with Crippen molar-refractivity contribution in [2.45, 2.75) is 39.0 Å². The Hall–Kier alpha value is -0.680. The van der Waals surface area contributed by atoms with Gasteiger partial charge in [0, 0.05) is 17.3 Å². The number of nitro groups is 1. The Balaban J connectivity index is 2.59. The molecule has 0 saturated carbocycles. The standard InChI is InChI=1S/C9H17NO4/c1-6(2)3-7-4-9(11)14-5-8(7)10(12)13/h6-9,11H,3-5H2,1-2H3/t7-,8-,9?/m1/s1. The number of hydrogen-bond acceptors (Lipinski definition) is 4. The van der Waals surface area contributed by atoms with Crippen molar-refractivity contribution >= 4 is 0 Å². The fourth-order valence-electron chi connectivity index (χ4n) is 1.92. The molecule has 0 spiro atoms. The van der Waals surface area contributed by atoms with Crippen molar-refractivity contribution in [3.63, 3.8) is 0 Å². The Morgan fingerprint density at radius 1 is 1.64 bits per heavy atom. The molecule has 1 saturated heterocycles.